The summed E-state index contributed by atoms with van der Waals surface area (Å²) in [5.41, 5.74) is 0.0750. The first kappa shape index (κ1) is 14.0. The maximum atomic E-state index is 11.6. The summed E-state index contributed by atoms with van der Waals surface area (Å²) in [5, 5.41) is 38.0. The summed E-state index contributed by atoms with van der Waals surface area (Å²) >= 11 is 0. The van der Waals surface area contributed by atoms with Crippen molar-refractivity contribution in [3.05, 3.63) is 51.9 Å². The molecule has 106 valence electrons. The predicted octanol–water partition coefficient (Wildman–Crippen LogP) is 0.548. The second-order valence-electron chi connectivity index (χ2n) is 4.38. The predicted molar refractivity (Wildman–Crippen MR) is 72.0 cm³/mol. The summed E-state index contributed by atoms with van der Waals surface area (Å²) in [6.07, 6.45) is 1.51. The van der Waals surface area contributed by atoms with Gasteiger partial charge in [0.25, 0.3) is 5.56 Å². The number of phenols is 1. The van der Waals surface area contributed by atoms with Gasteiger partial charge in [-0.25, -0.2) is 0 Å². The standard InChI is InChI=1S/C14H15NO5/c16-6-5-15-8-10(12(18)13(19)14(15)20)7-9-3-1-2-4-11(9)17/h1-4,8,16-19H,5-7H2. The minimum Gasteiger partial charge on any atom is -0.508 e. The Kier molecular flexibility index (Phi) is 3.95. The summed E-state index contributed by atoms with van der Waals surface area (Å²) in [6, 6.07) is 6.59. The molecule has 0 radical (unpaired) electrons. The number of hydrogen-bond donors (Lipinski definition) is 4. The van der Waals surface area contributed by atoms with E-state index in [1.54, 1.807) is 18.2 Å². The van der Waals surface area contributed by atoms with Gasteiger partial charge in [-0.2, -0.15) is 0 Å². The molecule has 0 bridgehead atoms. The Morgan fingerprint density at radius 2 is 1.70 bits per heavy atom. The molecule has 6 nitrogen and oxygen atoms in total. The number of para-hydroxylation sites is 1. The lowest BCUT2D eigenvalue weighted by Gasteiger charge is -2.11. The molecule has 20 heavy (non-hydrogen) atoms. The maximum absolute atomic E-state index is 11.6. The third kappa shape index (κ3) is 2.60. The lowest BCUT2D eigenvalue weighted by Crippen LogP contribution is -2.21. The average molecular weight is 277 g/mol. The summed E-state index contributed by atoms with van der Waals surface area (Å²) < 4.78 is 1.12. The van der Waals surface area contributed by atoms with Gasteiger partial charge in [-0.1, -0.05) is 18.2 Å². The molecule has 0 amide bonds. The Morgan fingerprint density at radius 3 is 2.35 bits per heavy atom. The van der Waals surface area contributed by atoms with Crippen molar-refractivity contribution in [3.63, 3.8) is 0 Å². The van der Waals surface area contributed by atoms with Gasteiger partial charge < -0.3 is 25.0 Å². The number of benzene rings is 1. The number of aromatic nitrogens is 1. The number of phenolic OH excluding ortho intramolecular Hbond substituents is 1. The SMILES string of the molecule is O=c1c(O)c(O)c(Cc2ccccc2O)cn1CCO. The topological polar surface area (TPSA) is 103 Å². The van der Waals surface area contributed by atoms with Crippen molar-refractivity contribution in [2.75, 3.05) is 6.61 Å². The molecule has 2 rings (SSSR count). The summed E-state index contributed by atoms with van der Waals surface area (Å²) in [7, 11) is 0. The van der Waals surface area contributed by atoms with Crippen LogP contribution in [0.1, 0.15) is 11.1 Å². The number of aliphatic hydroxyl groups is 1. The van der Waals surface area contributed by atoms with E-state index in [0.717, 1.165) is 4.57 Å². The van der Waals surface area contributed by atoms with Crippen LogP contribution in [0.2, 0.25) is 0 Å². The van der Waals surface area contributed by atoms with Crippen LogP contribution in [0.3, 0.4) is 0 Å². The molecular weight excluding hydrogens is 262 g/mol. The summed E-state index contributed by atoms with van der Waals surface area (Å²) in [4.78, 5) is 11.6. The van der Waals surface area contributed by atoms with E-state index in [2.05, 4.69) is 0 Å². The van der Waals surface area contributed by atoms with E-state index >= 15 is 0 Å². The number of aliphatic hydroxyl groups excluding tert-OH is 1. The van der Waals surface area contributed by atoms with Crippen LogP contribution in [-0.4, -0.2) is 31.6 Å². The Hall–Kier alpha value is -2.47. The van der Waals surface area contributed by atoms with Crippen LogP contribution in [0, 0.1) is 0 Å². The average Bonchev–Trinajstić information content (AvgIpc) is 2.44. The highest BCUT2D eigenvalue weighted by atomic mass is 16.3. The Labute approximate surface area is 114 Å². The van der Waals surface area contributed by atoms with Crippen LogP contribution < -0.4 is 5.56 Å². The smallest absolute Gasteiger partial charge is 0.296 e. The van der Waals surface area contributed by atoms with Crippen LogP contribution in [0.15, 0.2) is 35.3 Å². The van der Waals surface area contributed by atoms with Gasteiger partial charge in [-0.15, -0.1) is 0 Å². The number of rotatable bonds is 4. The summed E-state index contributed by atoms with van der Waals surface area (Å²) in [6.45, 7) is -0.249. The zero-order valence-corrected chi connectivity index (χ0v) is 10.7. The monoisotopic (exact) mass is 277 g/mol. The highest BCUT2D eigenvalue weighted by Crippen LogP contribution is 2.29. The molecule has 1 heterocycles. The Bertz CT molecular complexity index is 678. The van der Waals surface area contributed by atoms with Crippen molar-refractivity contribution in [2.45, 2.75) is 13.0 Å². The van der Waals surface area contributed by atoms with E-state index in [4.69, 9.17) is 5.11 Å². The lowest BCUT2D eigenvalue weighted by molar-refractivity contribution is 0.272. The van der Waals surface area contributed by atoms with Crippen molar-refractivity contribution < 1.29 is 20.4 Å². The lowest BCUT2D eigenvalue weighted by atomic mass is 10.0. The largest absolute Gasteiger partial charge is 0.508 e. The highest BCUT2D eigenvalue weighted by molar-refractivity contribution is 5.46. The first-order valence-corrected chi connectivity index (χ1v) is 6.06. The molecule has 0 aliphatic carbocycles. The highest BCUT2D eigenvalue weighted by Gasteiger charge is 2.15. The molecule has 0 atom stereocenters. The van der Waals surface area contributed by atoms with Crippen molar-refractivity contribution in [1.82, 2.24) is 4.57 Å². The third-order valence-corrected chi connectivity index (χ3v) is 3.02. The van der Waals surface area contributed by atoms with Crippen molar-refractivity contribution >= 4 is 0 Å². The van der Waals surface area contributed by atoms with Crippen LogP contribution in [0.5, 0.6) is 17.2 Å². The van der Waals surface area contributed by atoms with Gasteiger partial charge in [0.05, 0.1) is 6.61 Å². The molecule has 0 aliphatic rings. The van der Waals surface area contributed by atoms with Gasteiger partial charge >= 0.3 is 0 Å². The zero-order valence-electron chi connectivity index (χ0n) is 10.7. The number of aromatic hydroxyl groups is 3. The molecule has 0 unspecified atom stereocenters. The fourth-order valence-corrected chi connectivity index (χ4v) is 1.97. The van der Waals surface area contributed by atoms with Gasteiger partial charge in [0.2, 0.25) is 5.75 Å². The van der Waals surface area contributed by atoms with Gasteiger partial charge in [-0.3, -0.25) is 4.79 Å². The quantitative estimate of drug-likeness (QED) is 0.653. The second-order valence-corrected chi connectivity index (χ2v) is 4.38. The molecule has 0 spiro atoms. The molecule has 6 heteroatoms. The molecule has 0 saturated heterocycles. The van der Waals surface area contributed by atoms with Gasteiger partial charge in [0, 0.05) is 24.7 Å². The van der Waals surface area contributed by atoms with Crippen molar-refractivity contribution in [2.24, 2.45) is 0 Å². The van der Waals surface area contributed by atoms with Crippen LogP contribution in [0.4, 0.5) is 0 Å². The van der Waals surface area contributed by atoms with E-state index in [9.17, 15) is 20.1 Å². The first-order valence-electron chi connectivity index (χ1n) is 6.06. The molecule has 0 aliphatic heterocycles. The van der Waals surface area contributed by atoms with E-state index in [0.29, 0.717) is 5.56 Å². The van der Waals surface area contributed by atoms with E-state index in [1.807, 2.05) is 0 Å². The molecule has 0 saturated carbocycles. The molecule has 0 fully saturated rings. The van der Waals surface area contributed by atoms with E-state index in [-0.39, 0.29) is 30.9 Å². The van der Waals surface area contributed by atoms with Crippen LogP contribution in [-0.2, 0) is 13.0 Å². The van der Waals surface area contributed by atoms with Gasteiger partial charge in [0.15, 0.2) is 5.75 Å². The molecule has 1 aromatic carbocycles. The first-order chi connectivity index (χ1) is 9.54. The molecule has 4 N–H and O–H groups in total. The maximum Gasteiger partial charge on any atom is 0.296 e. The van der Waals surface area contributed by atoms with Crippen molar-refractivity contribution in [3.8, 4) is 17.2 Å². The van der Waals surface area contributed by atoms with Crippen molar-refractivity contribution in [1.29, 1.82) is 0 Å². The third-order valence-electron chi connectivity index (χ3n) is 3.02. The van der Waals surface area contributed by atoms with E-state index < -0.39 is 17.1 Å². The molecule has 2 aromatic rings. The molecular formula is C14H15NO5. The van der Waals surface area contributed by atoms with Crippen LogP contribution in [0.25, 0.3) is 0 Å². The number of nitrogens with zero attached hydrogens (tertiary/aromatic N) is 1. The van der Waals surface area contributed by atoms with Gasteiger partial charge in [-0.05, 0) is 11.6 Å². The number of hydrogen-bond acceptors (Lipinski definition) is 5. The fourth-order valence-electron chi connectivity index (χ4n) is 1.97. The number of pyridine rings is 1. The normalized spacial score (nSPS) is 10.7. The zero-order chi connectivity index (χ0) is 14.7. The molecule has 1 aromatic heterocycles. The minimum atomic E-state index is -0.766. The minimum absolute atomic E-state index is 0.0143. The van der Waals surface area contributed by atoms with E-state index in [1.165, 1.54) is 12.3 Å². The Morgan fingerprint density at radius 1 is 1.00 bits per heavy atom. The second kappa shape index (κ2) is 5.66. The van der Waals surface area contributed by atoms with Crippen LogP contribution >= 0.6 is 0 Å². The fraction of sp³-hybridized carbons (Fsp3) is 0.214. The summed E-state index contributed by atoms with van der Waals surface area (Å²) in [5.74, 6) is -1.20. The Balaban J connectivity index is 2.47. The van der Waals surface area contributed by atoms with Gasteiger partial charge in [0.1, 0.15) is 5.75 Å².